The van der Waals surface area contributed by atoms with Crippen LogP contribution in [0, 0.1) is 0 Å². The van der Waals surface area contributed by atoms with Crippen LogP contribution in [0.25, 0.3) is 44.2 Å². The molecule has 0 N–H and O–H groups in total. The van der Waals surface area contributed by atoms with Crippen molar-refractivity contribution in [1.29, 1.82) is 0 Å². The maximum Gasteiger partial charge on any atom is 0.0546 e. The highest BCUT2D eigenvalue weighted by Crippen LogP contribution is 2.56. The fourth-order valence-electron chi connectivity index (χ4n) is 6.71. The summed E-state index contributed by atoms with van der Waals surface area (Å²) >= 11 is 0. The van der Waals surface area contributed by atoms with E-state index in [1.807, 2.05) is 0 Å². The Hall–Kier alpha value is -4.62. The van der Waals surface area contributed by atoms with Gasteiger partial charge in [-0.25, -0.2) is 0 Å². The lowest BCUT2D eigenvalue weighted by Gasteiger charge is -2.35. The highest BCUT2D eigenvalue weighted by atomic mass is 15.2. The molecule has 0 atom stereocenters. The molecule has 1 nitrogen and oxygen atoms in total. The Morgan fingerprint density at radius 1 is 0.474 bits per heavy atom. The van der Waals surface area contributed by atoms with Crippen molar-refractivity contribution in [3.05, 3.63) is 139 Å². The molecular formula is C37H27N. The molecular weight excluding hydrogens is 458 g/mol. The molecule has 38 heavy (non-hydrogen) atoms. The monoisotopic (exact) mass is 485 g/mol. The van der Waals surface area contributed by atoms with Crippen LogP contribution in [-0.4, -0.2) is 0 Å². The van der Waals surface area contributed by atoms with Gasteiger partial charge in [0.25, 0.3) is 0 Å². The molecule has 0 aromatic heterocycles. The van der Waals surface area contributed by atoms with Gasteiger partial charge in [0.05, 0.1) is 11.4 Å². The number of benzene rings is 6. The molecule has 0 amide bonds. The smallest absolute Gasteiger partial charge is 0.0546 e. The molecule has 1 aliphatic carbocycles. The summed E-state index contributed by atoms with van der Waals surface area (Å²) in [6, 6.07) is 46.9. The Bertz CT molecular complexity index is 1870. The van der Waals surface area contributed by atoms with E-state index in [-0.39, 0.29) is 5.41 Å². The molecule has 6 aromatic carbocycles. The molecule has 0 radical (unpaired) electrons. The molecule has 0 bridgehead atoms. The molecule has 8 rings (SSSR count). The average Bonchev–Trinajstić information content (AvgIpc) is 3.19. The molecule has 180 valence electrons. The van der Waals surface area contributed by atoms with Gasteiger partial charge in [0, 0.05) is 22.1 Å². The number of fused-ring (bicyclic) bond motifs is 5. The van der Waals surface area contributed by atoms with Crippen molar-refractivity contribution < 1.29 is 0 Å². The van der Waals surface area contributed by atoms with Gasteiger partial charge in [-0.1, -0.05) is 111 Å². The summed E-state index contributed by atoms with van der Waals surface area (Å²) in [5.74, 6) is 0. The molecule has 6 aromatic rings. The lowest BCUT2D eigenvalue weighted by Crippen LogP contribution is -2.18. The molecule has 0 saturated heterocycles. The second kappa shape index (κ2) is 7.69. The van der Waals surface area contributed by atoms with Crippen LogP contribution in [0.4, 0.5) is 17.1 Å². The van der Waals surface area contributed by atoms with Crippen molar-refractivity contribution in [3.8, 4) is 33.4 Å². The average molecular weight is 486 g/mol. The number of nitrogens with zero attached hydrogens (tertiary/aromatic N) is 1. The number of rotatable bonds is 2. The third-order valence-electron chi connectivity index (χ3n) is 8.59. The van der Waals surface area contributed by atoms with E-state index in [9.17, 15) is 0 Å². The van der Waals surface area contributed by atoms with Crippen LogP contribution in [0.3, 0.4) is 0 Å². The van der Waals surface area contributed by atoms with Crippen molar-refractivity contribution in [2.45, 2.75) is 19.3 Å². The van der Waals surface area contributed by atoms with Crippen molar-refractivity contribution in [3.63, 3.8) is 0 Å². The third kappa shape index (κ3) is 2.87. The standard InChI is InChI=1S/C37H27N/c1-37(2)32-16-7-6-14-28(32)30-22-31-29-15-8-12-26-13-9-17-34(36(26)29)38(35(31)23-33(30)37)27-20-18-25(19-21-27)24-10-4-3-5-11-24/h3-23H,1-2H3. The van der Waals surface area contributed by atoms with Crippen LogP contribution in [0.5, 0.6) is 0 Å². The summed E-state index contributed by atoms with van der Waals surface area (Å²) in [5, 5.41) is 2.60. The molecule has 0 saturated carbocycles. The van der Waals surface area contributed by atoms with Crippen LogP contribution >= 0.6 is 0 Å². The van der Waals surface area contributed by atoms with Crippen molar-refractivity contribution in [1.82, 2.24) is 0 Å². The molecule has 1 heterocycles. The van der Waals surface area contributed by atoms with E-state index in [0.717, 1.165) is 0 Å². The zero-order valence-electron chi connectivity index (χ0n) is 21.6. The fourth-order valence-corrected chi connectivity index (χ4v) is 6.71. The predicted octanol–water partition coefficient (Wildman–Crippen LogP) is 10.3. The zero-order chi connectivity index (χ0) is 25.4. The van der Waals surface area contributed by atoms with Gasteiger partial charge < -0.3 is 4.90 Å². The minimum absolute atomic E-state index is 0.0488. The van der Waals surface area contributed by atoms with Crippen LogP contribution in [0.15, 0.2) is 127 Å². The van der Waals surface area contributed by atoms with Gasteiger partial charge in [-0.2, -0.15) is 0 Å². The van der Waals surface area contributed by atoms with Gasteiger partial charge in [0.1, 0.15) is 0 Å². The number of hydrogen-bond acceptors (Lipinski definition) is 1. The van der Waals surface area contributed by atoms with Gasteiger partial charge in [0.15, 0.2) is 0 Å². The number of anilines is 3. The van der Waals surface area contributed by atoms with E-state index in [1.54, 1.807) is 0 Å². The predicted molar refractivity (Wildman–Crippen MR) is 161 cm³/mol. The van der Waals surface area contributed by atoms with Crippen molar-refractivity contribution in [2.24, 2.45) is 0 Å². The SMILES string of the molecule is CC1(C)c2ccccc2-c2cc3c(cc21)N(c1ccc(-c2ccccc2)cc1)c1cccc2cccc-3c12. The van der Waals surface area contributed by atoms with Gasteiger partial charge in [-0.05, 0) is 74.7 Å². The first-order valence-corrected chi connectivity index (χ1v) is 13.4. The van der Waals surface area contributed by atoms with Crippen LogP contribution in [-0.2, 0) is 5.41 Å². The largest absolute Gasteiger partial charge is 0.309 e. The number of hydrogen-bond donors (Lipinski definition) is 0. The van der Waals surface area contributed by atoms with Gasteiger partial charge in [-0.3, -0.25) is 0 Å². The topological polar surface area (TPSA) is 3.24 Å². The zero-order valence-corrected chi connectivity index (χ0v) is 21.6. The summed E-state index contributed by atoms with van der Waals surface area (Å²) in [6.07, 6.45) is 0. The normalized spacial score (nSPS) is 14.2. The van der Waals surface area contributed by atoms with Gasteiger partial charge in [0.2, 0.25) is 0 Å². The Morgan fingerprint density at radius 3 is 1.97 bits per heavy atom. The molecule has 0 fully saturated rings. The second-order valence-electron chi connectivity index (χ2n) is 11.0. The summed E-state index contributed by atoms with van der Waals surface area (Å²) in [7, 11) is 0. The van der Waals surface area contributed by atoms with Crippen LogP contribution < -0.4 is 4.90 Å². The van der Waals surface area contributed by atoms with Crippen molar-refractivity contribution >= 4 is 27.8 Å². The molecule has 2 aliphatic rings. The highest BCUT2D eigenvalue weighted by Gasteiger charge is 2.38. The second-order valence-corrected chi connectivity index (χ2v) is 11.0. The quantitative estimate of drug-likeness (QED) is 0.235. The maximum absolute atomic E-state index is 2.47. The lowest BCUT2D eigenvalue weighted by atomic mass is 9.81. The maximum atomic E-state index is 2.47. The van der Waals surface area contributed by atoms with E-state index >= 15 is 0 Å². The van der Waals surface area contributed by atoms with E-state index in [0.29, 0.717) is 0 Å². The minimum Gasteiger partial charge on any atom is -0.309 e. The van der Waals surface area contributed by atoms with E-state index < -0.39 is 0 Å². The van der Waals surface area contributed by atoms with Crippen molar-refractivity contribution in [2.75, 3.05) is 4.90 Å². The molecule has 0 spiro atoms. The fraction of sp³-hybridized carbons (Fsp3) is 0.0811. The first-order valence-electron chi connectivity index (χ1n) is 13.4. The highest BCUT2D eigenvalue weighted by molar-refractivity contribution is 6.14. The Morgan fingerprint density at radius 2 is 1.16 bits per heavy atom. The molecule has 1 aliphatic heterocycles. The summed E-state index contributed by atoms with van der Waals surface area (Å²) < 4.78 is 0. The van der Waals surface area contributed by atoms with E-state index in [4.69, 9.17) is 0 Å². The Balaban J connectivity index is 1.40. The minimum atomic E-state index is -0.0488. The molecule has 1 heteroatoms. The Labute approximate surface area is 223 Å². The lowest BCUT2D eigenvalue weighted by molar-refractivity contribution is 0.660. The summed E-state index contributed by atoms with van der Waals surface area (Å²) in [5.41, 5.74) is 14.2. The van der Waals surface area contributed by atoms with Gasteiger partial charge in [-0.15, -0.1) is 0 Å². The van der Waals surface area contributed by atoms with E-state index in [2.05, 4.69) is 146 Å². The molecule has 0 unspecified atom stereocenters. The Kier molecular flexibility index (Phi) is 4.35. The van der Waals surface area contributed by atoms with Gasteiger partial charge >= 0.3 is 0 Å². The summed E-state index contributed by atoms with van der Waals surface area (Å²) in [6.45, 7) is 4.72. The van der Waals surface area contributed by atoms with Crippen LogP contribution in [0.1, 0.15) is 25.0 Å². The summed E-state index contributed by atoms with van der Waals surface area (Å²) in [4.78, 5) is 2.47. The third-order valence-corrected chi connectivity index (χ3v) is 8.59. The first-order chi connectivity index (χ1) is 18.6. The van der Waals surface area contributed by atoms with E-state index in [1.165, 1.54) is 72.3 Å². The van der Waals surface area contributed by atoms with Crippen LogP contribution in [0.2, 0.25) is 0 Å². The first kappa shape index (κ1) is 21.5.